The second kappa shape index (κ2) is 7.31. The van der Waals surface area contributed by atoms with Crippen LogP contribution in [0.4, 0.5) is 0 Å². The highest BCUT2D eigenvalue weighted by Crippen LogP contribution is 2.42. The minimum atomic E-state index is -0.849. The molecular weight excluding hydrogens is 278 g/mol. The second-order valence-corrected chi connectivity index (χ2v) is 8.07. The third kappa shape index (κ3) is 4.69. The van der Waals surface area contributed by atoms with Crippen LogP contribution in [0.15, 0.2) is 0 Å². The second-order valence-electron chi connectivity index (χ2n) is 8.07. The molecule has 128 valence electrons. The molecule has 1 unspecified atom stereocenters. The molecular formula is C18H33NO3. The third-order valence-electron chi connectivity index (χ3n) is 6.03. The highest BCUT2D eigenvalue weighted by atomic mass is 16.5. The van der Waals surface area contributed by atoms with Crippen LogP contribution >= 0.6 is 0 Å². The van der Waals surface area contributed by atoms with Crippen LogP contribution < -0.4 is 5.32 Å². The fraction of sp³-hybridized carbons (Fsp3) is 0.944. The van der Waals surface area contributed by atoms with Gasteiger partial charge in [0.1, 0.15) is 5.60 Å². The van der Waals surface area contributed by atoms with Crippen molar-refractivity contribution in [2.45, 2.75) is 71.3 Å². The molecule has 0 bridgehead atoms. The van der Waals surface area contributed by atoms with E-state index in [1.54, 1.807) is 0 Å². The average Bonchev–Trinajstić information content (AvgIpc) is 2.93. The lowest BCUT2D eigenvalue weighted by molar-refractivity contribution is -0.123. The van der Waals surface area contributed by atoms with E-state index in [0.717, 1.165) is 18.8 Å². The first-order valence-corrected chi connectivity index (χ1v) is 8.91. The standard InChI is InChI=1S/C18H33NO3/c1-4-17(2,3)15-7-5-14(6-8-15)11-16(20)19-12-18(21)9-10-22-13-18/h14-15,21H,4-13H2,1-3H3,(H,19,20). The summed E-state index contributed by atoms with van der Waals surface area (Å²) in [6.07, 6.45) is 7.26. The van der Waals surface area contributed by atoms with E-state index in [0.29, 0.717) is 43.9 Å². The van der Waals surface area contributed by atoms with E-state index in [2.05, 4.69) is 26.1 Å². The van der Waals surface area contributed by atoms with Crippen LogP contribution in [-0.2, 0) is 9.53 Å². The summed E-state index contributed by atoms with van der Waals surface area (Å²) in [5.41, 5.74) is -0.419. The lowest BCUT2D eigenvalue weighted by Gasteiger charge is -2.38. The van der Waals surface area contributed by atoms with E-state index >= 15 is 0 Å². The molecule has 1 aliphatic heterocycles. The Labute approximate surface area is 135 Å². The summed E-state index contributed by atoms with van der Waals surface area (Å²) in [5.74, 6) is 1.39. The maximum atomic E-state index is 12.1. The quantitative estimate of drug-likeness (QED) is 0.793. The van der Waals surface area contributed by atoms with Crippen LogP contribution in [0.2, 0.25) is 0 Å². The summed E-state index contributed by atoms with van der Waals surface area (Å²) in [6.45, 7) is 8.26. The van der Waals surface area contributed by atoms with Gasteiger partial charge in [0.2, 0.25) is 5.91 Å². The van der Waals surface area contributed by atoms with Crippen LogP contribution in [0.1, 0.15) is 65.7 Å². The number of ether oxygens (including phenoxy) is 1. The van der Waals surface area contributed by atoms with Gasteiger partial charge < -0.3 is 15.2 Å². The van der Waals surface area contributed by atoms with Crippen LogP contribution in [-0.4, -0.2) is 36.4 Å². The first-order chi connectivity index (χ1) is 10.3. The van der Waals surface area contributed by atoms with Gasteiger partial charge in [-0.05, 0) is 42.9 Å². The molecule has 22 heavy (non-hydrogen) atoms. The molecule has 2 fully saturated rings. The third-order valence-corrected chi connectivity index (χ3v) is 6.03. The Hall–Kier alpha value is -0.610. The molecule has 1 saturated heterocycles. The first kappa shape index (κ1) is 17.7. The topological polar surface area (TPSA) is 58.6 Å². The number of rotatable bonds is 6. The van der Waals surface area contributed by atoms with Crippen LogP contribution in [0.5, 0.6) is 0 Å². The van der Waals surface area contributed by atoms with Crippen molar-refractivity contribution in [3.8, 4) is 0 Å². The molecule has 0 spiro atoms. The van der Waals surface area contributed by atoms with Gasteiger partial charge in [-0.1, -0.05) is 27.2 Å². The molecule has 2 N–H and O–H groups in total. The van der Waals surface area contributed by atoms with Crippen molar-refractivity contribution in [2.75, 3.05) is 19.8 Å². The number of aliphatic hydroxyl groups is 1. The molecule has 2 rings (SSSR count). The monoisotopic (exact) mass is 311 g/mol. The molecule has 0 aromatic rings. The van der Waals surface area contributed by atoms with Crippen LogP contribution in [0, 0.1) is 17.3 Å². The fourth-order valence-corrected chi connectivity index (χ4v) is 3.77. The summed E-state index contributed by atoms with van der Waals surface area (Å²) in [4.78, 5) is 12.1. The first-order valence-electron chi connectivity index (χ1n) is 8.91. The van der Waals surface area contributed by atoms with E-state index in [1.165, 1.54) is 19.3 Å². The van der Waals surface area contributed by atoms with Crippen molar-refractivity contribution in [3.05, 3.63) is 0 Å². The van der Waals surface area contributed by atoms with Crippen LogP contribution in [0.3, 0.4) is 0 Å². The SMILES string of the molecule is CCC(C)(C)C1CCC(CC(=O)NCC2(O)CCOC2)CC1. The van der Waals surface area contributed by atoms with E-state index < -0.39 is 5.60 Å². The van der Waals surface area contributed by atoms with Gasteiger partial charge in [-0.2, -0.15) is 0 Å². The van der Waals surface area contributed by atoms with Gasteiger partial charge in [0.05, 0.1) is 6.61 Å². The zero-order chi connectivity index (χ0) is 16.2. The predicted molar refractivity (Wildman–Crippen MR) is 87.5 cm³/mol. The summed E-state index contributed by atoms with van der Waals surface area (Å²) in [5, 5.41) is 13.1. The van der Waals surface area contributed by atoms with Gasteiger partial charge in [0.15, 0.2) is 0 Å². The van der Waals surface area contributed by atoms with Crippen molar-refractivity contribution in [2.24, 2.45) is 17.3 Å². The predicted octanol–water partition coefficient (Wildman–Crippen LogP) is 2.89. The molecule has 1 heterocycles. The Morgan fingerprint density at radius 2 is 2.00 bits per heavy atom. The van der Waals surface area contributed by atoms with E-state index in [1.807, 2.05) is 0 Å². The number of carbonyl (C=O) groups excluding carboxylic acids is 1. The molecule has 1 atom stereocenters. The Morgan fingerprint density at radius 1 is 1.32 bits per heavy atom. The van der Waals surface area contributed by atoms with E-state index in [9.17, 15) is 9.90 Å². The Balaban J connectivity index is 1.68. The molecule has 0 radical (unpaired) electrons. The molecule has 4 heteroatoms. The molecule has 2 aliphatic rings. The zero-order valence-electron chi connectivity index (χ0n) is 14.5. The van der Waals surface area contributed by atoms with Gasteiger partial charge >= 0.3 is 0 Å². The number of hydrogen-bond donors (Lipinski definition) is 2. The van der Waals surface area contributed by atoms with E-state index in [4.69, 9.17) is 4.74 Å². The molecule has 0 aromatic heterocycles. The number of hydrogen-bond acceptors (Lipinski definition) is 3. The van der Waals surface area contributed by atoms with E-state index in [-0.39, 0.29) is 5.91 Å². The van der Waals surface area contributed by atoms with Gasteiger partial charge in [0.25, 0.3) is 0 Å². The normalized spacial score (nSPS) is 32.9. The van der Waals surface area contributed by atoms with Crippen molar-refractivity contribution < 1.29 is 14.6 Å². The Morgan fingerprint density at radius 3 is 2.55 bits per heavy atom. The Bertz CT molecular complexity index is 367. The molecule has 1 amide bonds. The smallest absolute Gasteiger partial charge is 0.220 e. The summed E-state index contributed by atoms with van der Waals surface area (Å²) < 4.78 is 5.20. The highest BCUT2D eigenvalue weighted by Gasteiger charge is 2.34. The summed E-state index contributed by atoms with van der Waals surface area (Å²) in [6, 6.07) is 0. The molecule has 4 nitrogen and oxygen atoms in total. The van der Waals surface area contributed by atoms with Crippen LogP contribution in [0.25, 0.3) is 0 Å². The van der Waals surface area contributed by atoms with Crippen molar-refractivity contribution in [1.29, 1.82) is 0 Å². The largest absolute Gasteiger partial charge is 0.386 e. The van der Waals surface area contributed by atoms with Crippen molar-refractivity contribution in [3.63, 3.8) is 0 Å². The van der Waals surface area contributed by atoms with Gasteiger partial charge in [-0.25, -0.2) is 0 Å². The maximum absolute atomic E-state index is 12.1. The average molecular weight is 311 g/mol. The fourth-order valence-electron chi connectivity index (χ4n) is 3.77. The minimum Gasteiger partial charge on any atom is -0.386 e. The van der Waals surface area contributed by atoms with Gasteiger partial charge in [0, 0.05) is 26.0 Å². The zero-order valence-corrected chi connectivity index (χ0v) is 14.5. The van der Waals surface area contributed by atoms with Gasteiger partial charge in [-0.15, -0.1) is 0 Å². The van der Waals surface area contributed by atoms with Crippen molar-refractivity contribution >= 4 is 5.91 Å². The summed E-state index contributed by atoms with van der Waals surface area (Å²) in [7, 11) is 0. The summed E-state index contributed by atoms with van der Waals surface area (Å²) >= 11 is 0. The molecule has 1 saturated carbocycles. The Kier molecular flexibility index (Phi) is 5.89. The number of amides is 1. The van der Waals surface area contributed by atoms with Crippen molar-refractivity contribution in [1.82, 2.24) is 5.32 Å². The highest BCUT2D eigenvalue weighted by molar-refractivity contribution is 5.76. The lowest BCUT2D eigenvalue weighted by atomic mass is 9.67. The lowest BCUT2D eigenvalue weighted by Crippen LogP contribution is -2.43. The maximum Gasteiger partial charge on any atom is 0.220 e. The minimum absolute atomic E-state index is 0.0820. The number of nitrogens with one attached hydrogen (secondary N) is 1. The molecule has 1 aliphatic carbocycles. The molecule has 0 aromatic carbocycles. The van der Waals surface area contributed by atoms with Gasteiger partial charge in [-0.3, -0.25) is 4.79 Å². The number of carbonyl (C=O) groups is 1.